The van der Waals surface area contributed by atoms with Gasteiger partial charge in [0, 0.05) is 0 Å². The Morgan fingerprint density at radius 3 is 2.70 bits per heavy atom. The molecule has 2 atom stereocenters. The molecule has 3 rings (SSSR count). The van der Waals surface area contributed by atoms with Crippen molar-refractivity contribution in [1.82, 2.24) is 4.90 Å². The highest BCUT2D eigenvalue weighted by molar-refractivity contribution is 8.15. The first kappa shape index (κ1) is 19.2. The van der Waals surface area contributed by atoms with Crippen LogP contribution in [0.2, 0.25) is 0 Å². The summed E-state index contributed by atoms with van der Waals surface area (Å²) in [7, 11) is 0. The Labute approximate surface area is 162 Å². The van der Waals surface area contributed by atoms with E-state index in [4.69, 9.17) is 9.47 Å². The minimum Gasteiger partial charge on any atom is -0.494 e. The fourth-order valence-electron chi connectivity index (χ4n) is 3.10. The number of hydrogen-bond donors (Lipinski definition) is 0. The smallest absolute Gasteiger partial charge is 0.338 e. The van der Waals surface area contributed by atoms with E-state index >= 15 is 0 Å². The molecule has 6 nitrogen and oxygen atoms in total. The molecule has 0 N–H and O–H groups in total. The minimum atomic E-state index is -0.574. The maximum absolute atomic E-state index is 12.8. The molecule has 1 aromatic rings. The van der Waals surface area contributed by atoms with Gasteiger partial charge in [-0.05, 0) is 38.5 Å². The number of fused-ring (bicyclic) bond motifs is 1. The molecule has 142 valence electrons. The Morgan fingerprint density at radius 1 is 1.37 bits per heavy atom. The van der Waals surface area contributed by atoms with E-state index in [9.17, 15) is 9.59 Å². The normalized spacial score (nSPS) is 21.7. The summed E-state index contributed by atoms with van der Waals surface area (Å²) in [5.74, 6) is 0.170. The molecule has 0 unspecified atom stereocenters. The number of rotatable bonds is 6. The molecule has 0 aliphatic carbocycles. The molecule has 2 aliphatic rings. The van der Waals surface area contributed by atoms with Gasteiger partial charge in [0.1, 0.15) is 12.4 Å². The number of nitrogens with zero attached hydrogens (tertiary/aromatic N) is 2. The van der Waals surface area contributed by atoms with Gasteiger partial charge in [-0.3, -0.25) is 9.69 Å². The molecule has 0 spiro atoms. The molecule has 7 heteroatoms. The minimum absolute atomic E-state index is 0.0702. The zero-order valence-electron chi connectivity index (χ0n) is 15.6. The molecule has 1 amide bonds. The molecule has 0 saturated carbocycles. The maximum atomic E-state index is 12.8. The summed E-state index contributed by atoms with van der Waals surface area (Å²) < 4.78 is 10.8. The highest BCUT2D eigenvalue weighted by Gasteiger charge is 2.46. The number of hydrogen-bond acceptors (Lipinski definition) is 6. The second kappa shape index (κ2) is 8.00. The molecular weight excluding hydrogens is 364 g/mol. The number of allylic oxidation sites excluding steroid dienone is 1. The van der Waals surface area contributed by atoms with Crippen LogP contribution in [-0.4, -0.2) is 40.4 Å². The number of esters is 1. The second-order valence-electron chi connectivity index (χ2n) is 6.15. The lowest BCUT2D eigenvalue weighted by atomic mass is 9.94. The Kier molecular flexibility index (Phi) is 5.70. The highest BCUT2D eigenvalue weighted by atomic mass is 32.2. The fraction of sp³-hybridized carbons (Fsp3) is 0.350. The van der Waals surface area contributed by atoms with Crippen LogP contribution in [0.5, 0.6) is 5.75 Å². The molecule has 0 aromatic heterocycles. The Hall–Kier alpha value is -2.54. The lowest BCUT2D eigenvalue weighted by Gasteiger charge is -2.33. The van der Waals surface area contributed by atoms with Crippen LogP contribution in [0.25, 0.3) is 0 Å². The van der Waals surface area contributed by atoms with E-state index in [1.807, 2.05) is 38.1 Å². The largest absolute Gasteiger partial charge is 0.494 e. The van der Waals surface area contributed by atoms with Crippen molar-refractivity contribution in [2.75, 3.05) is 13.2 Å². The monoisotopic (exact) mass is 386 g/mol. The molecule has 0 bridgehead atoms. The predicted octanol–water partition coefficient (Wildman–Crippen LogP) is 3.46. The number of amides is 1. The van der Waals surface area contributed by atoms with E-state index in [0.717, 1.165) is 11.3 Å². The van der Waals surface area contributed by atoms with Crippen molar-refractivity contribution in [2.45, 2.75) is 32.1 Å². The first-order valence-corrected chi connectivity index (χ1v) is 9.65. The van der Waals surface area contributed by atoms with Gasteiger partial charge in [0.2, 0.25) is 5.91 Å². The molecule has 2 heterocycles. The van der Waals surface area contributed by atoms with Gasteiger partial charge in [-0.2, -0.15) is 0 Å². The van der Waals surface area contributed by atoms with Gasteiger partial charge in [-0.25, -0.2) is 9.79 Å². The van der Waals surface area contributed by atoms with E-state index in [0.29, 0.717) is 23.0 Å². The molecule has 0 radical (unpaired) electrons. The van der Waals surface area contributed by atoms with E-state index < -0.39 is 12.0 Å². The molecule has 1 fully saturated rings. The van der Waals surface area contributed by atoms with Crippen LogP contribution in [-0.2, 0) is 14.3 Å². The number of carbonyl (C=O) groups excluding carboxylic acids is 2. The van der Waals surface area contributed by atoms with Crippen LogP contribution in [0.4, 0.5) is 0 Å². The average Bonchev–Trinajstić information content (AvgIpc) is 2.93. The van der Waals surface area contributed by atoms with E-state index in [-0.39, 0.29) is 17.8 Å². The Bertz CT molecular complexity index is 829. The van der Waals surface area contributed by atoms with E-state index in [2.05, 4.69) is 11.6 Å². The number of benzene rings is 1. The van der Waals surface area contributed by atoms with Crippen molar-refractivity contribution >= 4 is 28.8 Å². The third-order valence-electron chi connectivity index (χ3n) is 4.32. The van der Waals surface area contributed by atoms with Crippen molar-refractivity contribution in [3.05, 3.63) is 53.8 Å². The maximum Gasteiger partial charge on any atom is 0.338 e. The van der Waals surface area contributed by atoms with Crippen molar-refractivity contribution in [1.29, 1.82) is 0 Å². The van der Waals surface area contributed by atoms with Gasteiger partial charge in [0.05, 0.1) is 29.2 Å². The van der Waals surface area contributed by atoms with Crippen LogP contribution in [0, 0.1) is 0 Å². The van der Waals surface area contributed by atoms with Crippen LogP contribution in [0.15, 0.2) is 53.2 Å². The molecule has 2 aliphatic heterocycles. The lowest BCUT2D eigenvalue weighted by Crippen LogP contribution is -2.40. The number of carbonyl (C=O) groups is 2. The molecule has 27 heavy (non-hydrogen) atoms. The number of aliphatic imine (C=N–C) groups is 1. The lowest BCUT2D eigenvalue weighted by molar-refractivity contribution is -0.139. The Morgan fingerprint density at radius 2 is 2.07 bits per heavy atom. The van der Waals surface area contributed by atoms with Crippen LogP contribution >= 0.6 is 11.8 Å². The first-order chi connectivity index (χ1) is 13.0. The summed E-state index contributed by atoms with van der Waals surface area (Å²) >= 11 is 1.40. The van der Waals surface area contributed by atoms with Gasteiger partial charge in [-0.15, -0.1) is 0 Å². The van der Waals surface area contributed by atoms with E-state index in [1.165, 1.54) is 17.8 Å². The third kappa shape index (κ3) is 3.64. The quantitative estimate of drug-likeness (QED) is 0.553. The van der Waals surface area contributed by atoms with Crippen molar-refractivity contribution in [3.8, 4) is 5.75 Å². The summed E-state index contributed by atoms with van der Waals surface area (Å²) in [4.78, 5) is 31.6. The van der Waals surface area contributed by atoms with Crippen LogP contribution < -0.4 is 4.74 Å². The van der Waals surface area contributed by atoms with Crippen molar-refractivity contribution in [2.24, 2.45) is 4.99 Å². The molecule has 1 aromatic carbocycles. The SMILES string of the molecule is C=CCOC(=O)C1=C(C)N=C2S[C@H](C)C(=O)N2[C@H]1c1ccc(OCC)cc1. The second-order valence-corrected chi connectivity index (χ2v) is 7.46. The molecule has 1 saturated heterocycles. The van der Waals surface area contributed by atoms with Gasteiger partial charge in [0.25, 0.3) is 0 Å². The summed E-state index contributed by atoms with van der Waals surface area (Å²) in [6.07, 6.45) is 1.51. The summed E-state index contributed by atoms with van der Waals surface area (Å²) in [5, 5.41) is 0.370. The fourth-order valence-corrected chi connectivity index (χ4v) is 4.13. The topological polar surface area (TPSA) is 68.2 Å². The van der Waals surface area contributed by atoms with Crippen molar-refractivity contribution < 1.29 is 19.1 Å². The number of thioether (sulfide) groups is 1. The molecular formula is C20H22N2O4S. The summed E-state index contributed by atoms with van der Waals surface area (Å²) in [6, 6.07) is 6.84. The standard InChI is InChI=1S/C20H22N2O4S/c1-5-11-26-19(24)16-12(3)21-20-22(18(23)13(4)27-20)17(16)14-7-9-15(10-8-14)25-6-2/h5,7-10,13,17H,1,6,11H2,2-4H3/t13-,17+/m1/s1. The van der Waals surface area contributed by atoms with Crippen molar-refractivity contribution in [3.63, 3.8) is 0 Å². The Balaban J connectivity index is 2.06. The third-order valence-corrected chi connectivity index (χ3v) is 5.37. The number of amidine groups is 1. The van der Waals surface area contributed by atoms with Gasteiger partial charge in [0.15, 0.2) is 5.17 Å². The first-order valence-electron chi connectivity index (χ1n) is 8.77. The van der Waals surface area contributed by atoms with Gasteiger partial charge in [-0.1, -0.05) is 36.5 Å². The average molecular weight is 386 g/mol. The number of ether oxygens (including phenoxy) is 2. The zero-order valence-corrected chi connectivity index (χ0v) is 16.4. The zero-order chi connectivity index (χ0) is 19.6. The van der Waals surface area contributed by atoms with E-state index in [1.54, 1.807) is 11.8 Å². The highest BCUT2D eigenvalue weighted by Crippen LogP contribution is 2.43. The van der Waals surface area contributed by atoms with Gasteiger partial charge >= 0.3 is 5.97 Å². The van der Waals surface area contributed by atoms with Crippen LogP contribution in [0.1, 0.15) is 32.4 Å². The summed E-state index contributed by atoms with van der Waals surface area (Å²) in [5.41, 5.74) is 1.73. The predicted molar refractivity (Wildman–Crippen MR) is 106 cm³/mol. The van der Waals surface area contributed by atoms with Crippen LogP contribution in [0.3, 0.4) is 0 Å². The van der Waals surface area contributed by atoms with Gasteiger partial charge < -0.3 is 9.47 Å². The summed E-state index contributed by atoms with van der Waals surface area (Å²) in [6.45, 7) is 9.76.